The predicted octanol–water partition coefficient (Wildman–Crippen LogP) is 1.74. The van der Waals surface area contributed by atoms with Gasteiger partial charge < -0.3 is 22.6 Å². The molecular weight excluding hydrogens is 250 g/mol. The Hall–Kier alpha value is -1.10. The molecule has 5 aliphatic rings. The average Bonchev–Trinajstić information content (AvgIpc) is 2.77. The van der Waals surface area contributed by atoms with E-state index in [1.807, 2.05) is 0 Å². The second-order valence-electron chi connectivity index (χ2n) is 2.99. The zero-order chi connectivity index (χ0) is 10.3. The average molecular weight is 252 g/mol. The first-order valence-corrected chi connectivity index (χ1v) is 6.79. The lowest BCUT2D eigenvalue weighted by Crippen LogP contribution is -2.01. The summed E-state index contributed by atoms with van der Waals surface area (Å²) in [7, 11) is -6.93. The fraction of sp³-hybridized carbons (Fsp3) is 0.200. The molecule has 0 spiro atoms. The van der Waals surface area contributed by atoms with E-state index in [1.54, 1.807) is 0 Å². The summed E-state index contributed by atoms with van der Waals surface area (Å²) in [5.74, 6) is 0.294. The van der Waals surface area contributed by atoms with E-state index in [0.29, 0.717) is 0 Å². The van der Waals surface area contributed by atoms with Crippen LogP contribution in [0.1, 0.15) is 0 Å². The summed E-state index contributed by atoms with van der Waals surface area (Å²) in [6.07, 6.45) is 0. The van der Waals surface area contributed by atoms with E-state index in [0.717, 1.165) is 0 Å². The van der Waals surface area contributed by atoms with Crippen molar-refractivity contribution in [2.24, 2.45) is 0 Å². The molecule has 15 heavy (non-hydrogen) atoms. The minimum atomic E-state index is -3.50. The quantitative estimate of drug-likeness (QED) is 0.651. The van der Waals surface area contributed by atoms with Gasteiger partial charge in [0.1, 0.15) is 6.61 Å². The highest BCUT2D eigenvalue weighted by Gasteiger charge is 2.61. The van der Waals surface area contributed by atoms with Gasteiger partial charge in [-0.05, 0) is 0 Å². The maximum Gasteiger partial charge on any atom is 0.652 e. The van der Waals surface area contributed by atoms with Gasteiger partial charge in [0.2, 0.25) is 5.76 Å². The second kappa shape index (κ2) is 2.04. The van der Waals surface area contributed by atoms with Crippen LogP contribution in [-0.2, 0) is 36.3 Å². The zero-order valence-electron chi connectivity index (χ0n) is 6.87. The second-order valence-corrected chi connectivity index (χ2v) is 5.95. The molecule has 10 heteroatoms. The molecule has 0 N–H and O–H groups in total. The van der Waals surface area contributed by atoms with Crippen LogP contribution in [0.25, 0.3) is 0 Å². The third-order valence-corrected chi connectivity index (χ3v) is 4.50. The molecule has 4 bridgehead atoms. The summed E-state index contributed by atoms with van der Waals surface area (Å²) in [4.78, 5) is 0. The van der Waals surface area contributed by atoms with Crippen molar-refractivity contribution in [3.8, 4) is 0 Å². The highest BCUT2D eigenvalue weighted by atomic mass is 31.2. The Morgan fingerprint density at radius 1 is 0.867 bits per heavy atom. The zero-order valence-corrected chi connectivity index (χ0v) is 8.66. The maximum absolute atomic E-state index is 11.5. The molecule has 5 aliphatic heterocycles. The van der Waals surface area contributed by atoms with Crippen LogP contribution in [0.2, 0.25) is 0 Å². The van der Waals surface area contributed by atoms with Gasteiger partial charge in [-0.25, -0.2) is 4.57 Å². The monoisotopic (exact) mass is 252 g/mol. The number of rotatable bonds is 1. The molecular formula is C5H2O8P2. The Morgan fingerprint density at radius 3 is 2.07 bits per heavy atom. The van der Waals surface area contributed by atoms with Crippen molar-refractivity contribution in [1.29, 1.82) is 0 Å². The predicted molar refractivity (Wildman–Crippen MR) is 40.6 cm³/mol. The first-order valence-electron chi connectivity index (χ1n) is 3.87. The number of phosphoric acid groups is 2. The van der Waals surface area contributed by atoms with Crippen LogP contribution in [0.4, 0.5) is 0 Å². The standard InChI is InChI=1S/C5H2O8P2/c6-14-8-1-2(9-14)3(10-14)4-5-12-15(7,11-4)13-5/h1H2. The molecule has 1 unspecified atom stereocenters. The molecule has 1 atom stereocenters. The van der Waals surface area contributed by atoms with Crippen LogP contribution in [0.5, 0.6) is 0 Å². The Morgan fingerprint density at radius 2 is 1.60 bits per heavy atom. The minimum absolute atomic E-state index is 0.0226. The summed E-state index contributed by atoms with van der Waals surface area (Å²) >= 11 is 0. The summed E-state index contributed by atoms with van der Waals surface area (Å²) < 4.78 is 51.4. The topological polar surface area (TPSA) is 89.5 Å². The molecule has 2 saturated heterocycles. The highest BCUT2D eigenvalue weighted by Crippen LogP contribution is 2.74. The highest BCUT2D eigenvalue weighted by molar-refractivity contribution is 7.50. The molecule has 0 aliphatic carbocycles. The summed E-state index contributed by atoms with van der Waals surface area (Å²) in [6.45, 7) is 0.0249. The lowest BCUT2D eigenvalue weighted by Gasteiger charge is -2.15. The van der Waals surface area contributed by atoms with E-state index < -0.39 is 15.6 Å². The molecule has 5 heterocycles. The number of fused-ring (bicyclic) bond motifs is 3. The van der Waals surface area contributed by atoms with Crippen LogP contribution in [-0.4, -0.2) is 6.61 Å². The van der Waals surface area contributed by atoms with E-state index in [4.69, 9.17) is 27.1 Å². The number of hydrogen-bond acceptors (Lipinski definition) is 8. The van der Waals surface area contributed by atoms with Crippen LogP contribution in [0.15, 0.2) is 23.2 Å². The van der Waals surface area contributed by atoms with E-state index in [2.05, 4.69) is 0 Å². The van der Waals surface area contributed by atoms with E-state index in [9.17, 15) is 9.13 Å². The van der Waals surface area contributed by atoms with Gasteiger partial charge in [-0.3, -0.25) is 4.52 Å². The molecule has 0 aromatic carbocycles. The van der Waals surface area contributed by atoms with E-state index >= 15 is 0 Å². The van der Waals surface area contributed by atoms with E-state index in [-0.39, 0.29) is 29.8 Å². The van der Waals surface area contributed by atoms with Gasteiger partial charge in [0, 0.05) is 0 Å². The van der Waals surface area contributed by atoms with Crippen molar-refractivity contribution < 1.29 is 36.3 Å². The fourth-order valence-electron chi connectivity index (χ4n) is 1.42. The third kappa shape index (κ3) is 0.873. The van der Waals surface area contributed by atoms with Gasteiger partial charge in [0.25, 0.3) is 5.76 Å². The van der Waals surface area contributed by atoms with E-state index in [1.165, 1.54) is 0 Å². The first-order chi connectivity index (χ1) is 7.07. The molecule has 0 saturated carbocycles. The van der Waals surface area contributed by atoms with Gasteiger partial charge in [-0.2, -0.15) is 4.57 Å². The normalized spacial score (nSPS) is 37.6. The lowest BCUT2D eigenvalue weighted by atomic mass is 10.3. The Kier molecular flexibility index (Phi) is 1.10. The SMILES string of the molecule is O=P12OCC(=C(C3=C4OP(=O)(O4)O3)O1)O2. The molecule has 2 fully saturated rings. The smallest absolute Gasteiger partial charge is 0.393 e. The van der Waals surface area contributed by atoms with Gasteiger partial charge in [0.05, 0.1) is 0 Å². The van der Waals surface area contributed by atoms with Crippen molar-refractivity contribution in [1.82, 2.24) is 0 Å². The van der Waals surface area contributed by atoms with Gasteiger partial charge in [-0.15, -0.1) is 0 Å². The van der Waals surface area contributed by atoms with Gasteiger partial charge in [-0.1, -0.05) is 0 Å². The van der Waals surface area contributed by atoms with Crippen molar-refractivity contribution in [3.63, 3.8) is 0 Å². The molecule has 8 nitrogen and oxygen atoms in total. The third-order valence-electron chi connectivity index (χ3n) is 2.02. The van der Waals surface area contributed by atoms with Crippen molar-refractivity contribution in [2.45, 2.75) is 0 Å². The van der Waals surface area contributed by atoms with Crippen LogP contribution in [0.3, 0.4) is 0 Å². The summed E-state index contributed by atoms with van der Waals surface area (Å²) in [5.41, 5.74) is 0. The Labute approximate surface area is 82.6 Å². The lowest BCUT2D eigenvalue weighted by molar-refractivity contribution is 0.0985. The molecule has 5 rings (SSSR count). The van der Waals surface area contributed by atoms with Crippen LogP contribution >= 0.6 is 15.6 Å². The Balaban J connectivity index is 1.80. The Bertz CT molecular complexity index is 531. The first kappa shape index (κ1) is 8.10. The van der Waals surface area contributed by atoms with Crippen LogP contribution < -0.4 is 0 Å². The largest absolute Gasteiger partial charge is 0.652 e. The number of phosphoric ester groups is 2. The van der Waals surface area contributed by atoms with Crippen molar-refractivity contribution in [3.05, 3.63) is 23.2 Å². The van der Waals surface area contributed by atoms with Gasteiger partial charge >= 0.3 is 21.6 Å². The molecule has 0 amide bonds. The van der Waals surface area contributed by atoms with Crippen LogP contribution in [0, 0.1) is 0 Å². The van der Waals surface area contributed by atoms with Crippen molar-refractivity contribution in [2.75, 3.05) is 6.61 Å². The van der Waals surface area contributed by atoms with Crippen molar-refractivity contribution >= 4 is 15.6 Å². The molecule has 0 aromatic rings. The number of hydrogen-bond donors (Lipinski definition) is 0. The molecule has 80 valence electrons. The molecule has 0 aromatic heterocycles. The maximum atomic E-state index is 11.5. The molecule has 0 radical (unpaired) electrons. The summed E-state index contributed by atoms with van der Waals surface area (Å²) in [5, 5.41) is 0. The fourth-order valence-corrected chi connectivity index (χ4v) is 3.69. The van der Waals surface area contributed by atoms with Gasteiger partial charge in [0.15, 0.2) is 5.76 Å². The minimum Gasteiger partial charge on any atom is -0.393 e. The summed E-state index contributed by atoms with van der Waals surface area (Å²) in [6, 6.07) is 0.